The second kappa shape index (κ2) is 3.66. The van der Waals surface area contributed by atoms with Gasteiger partial charge in [0.1, 0.15) is 0 Å². The molecule has 3 heteroatoms. The van der Waals surface area contributed by atoms with Gasteiger partial charge in [-0.2, -0.15) is 0 Å². The minimum atomic E-state index is 0.964. The fourth-order valence-corrected chi connectivity index (χ4v) is 2.29. The van der Waals surface area contributed by atoms with Gasteiger partial charge in [-0.3, -0.25) is 4.99 Å². The quantitative estimate of drug-likeness (QED) is 0.666. The number of hydrogen-bond donors (Lipinski definition) is 0. The van der Waals surface area contributed by atoms with Gasteiger partial charge in [0.05, 0.1) is 11.6 Å². The zero-order valence-electron chi connectivity index (χ0n) is 7.18. The number of benzene rings is 1. The molecule has 0 fully saturated rings. The van der Waals surface area contributed by atoms with Gasteiger partial charge < -0.3 is 4.90 Å². The van der Waals surface area contributed by atoms with Gasteiger partial charge in [-0.1, -0.05) is 12.1 Å². The molecule has 1 aliphatic heterocycles. The third-order valence-electron chi connectivity index (χ3n) is 1.89. The van der Waals surface area contributed by atoms with Crippen LogP contribution in [-0.2, 0) is 0 Å². The predicted octanol–water partition coefficient (Wildman–Crippen LogP) is 2.73. The topological polar surface area (TPSA) is 15.6 Å². The molecule has 66 valence electrons. The van der Waals surface area contributed by atoms with Crippen LogP contribution in [0.25, 0.3) is 0 Å². The molecule has 2 rings (SSSR count). The highest BCUT2D eigenvalue weighted by molar-refractivity contribution is 7.99. The van der Waals surface area contributed by atoms with Gasteiger partial charge in [-0.15, -0.1) is 11.8 Å². The molecule has 13 heavy (non-hydrogen) atoms. The van der Waals surface area contributed by atoms with Gasteiger partial charge in [-0.05, 0) is 18.9 Å². The molecule has 0 spiro atoms. The van der Waals surface area contributed by atoms with Crippen molar-refractivity contribution in [3.63, 3.8) is 0 Å². The maximum Gasteiger partial charge on any atom is 0.0730 e. The summed E-state index contributed by atoms with van der Waals surface area (Å²) in [5.74, 6) is 0.964. The van der Waals surface area contributed by atoms with E-state index in [0.717, 1.165) is 5.88 Å². The molecule has 0 N–H and O–H groups in total. The predicted molar refractivity (Wildman–Crippen MR) is 58.3 cm³/mol. The van der Waals surface area contributed by atoms with E-state index in [0.29, 0.717) is 0 Å². The summed E-state index contributed by atoms with van der Waals surface area (Å²) in [6.07, 6.45) is 3.66. The van der Waals surface area contributed by atoms with Crippen LogP contribution in [0.4, 0.5) is 5.69 Å². The average Bonchev–Trinajstić information content (AvgIpc) is 2.58. The molecule has 0 saturated carbocycles. The van der Waals surface area contributed by atoms with Crippen LogP contribution in [0.5, 0.6) is 0 Å². The third-order valence-corrected chi connectivity index (χ3v) is 2.95. The number of hydrogen-bond acceptors (Lipinski definition) is 3. The molecule has 0 bridgehead atoms. The lowest BCUT2D eigenvalue weighted by Crippen LogP contribution is -2.09. The van der Waals surface area contributed by atoms with Crippen molar-refractivity contribution >= 4 is 24.2 Å². The van der Waals surface area contributed by atoms with Crippen molar-refractivity contribution in [1.82, 2.24) is 0 Å². The van der Waals surface area contributed by atoms with Crippen LogP contribution < -0.4 is 4.90 Å². The van der Waals surface area contributed by atoms with Crippen LogP contribution in [0.15, 0.2) is 46.6 Å². The standard InChI is InChI=1S/C10H10N2S/c1-11-6-7-12-8-13-10-5-3-2-4-9(10)12/h2-7H,1,8H2/b7-6-. The van der Waals surface area contributed by atoms with Crippen molar-refractivity contribution in [2.45, 2.75) is 4.90 Å². The van der Waals surface area contributed by atoms with Crippen LogP contribution in [0.3, 0.4) is 0 Å². The highest BCUT2D eigenvalue weighted by atomic mass is 32.2. The van der Waals surface area contributed by atoms with Crippen molar-refractivity contribution in [2.75, 3.05) is 10.8 Å². The van der Waals surface area contributed by atoms with E-state index in [4.69, 9.17) is 0 Å². The summed E-state index contributed by atoms with van der Waals surface area (Å²) in [4.78, 5) is 7.18. The number of fused-ring (bicyclic) bond motifs is 1. The molecule has 0 unspecified atom stereocenters. The number of thioether (sulfide) groups is 1. The minimum Gasteiger partial charge on any atom is -0.335 e. The Balaban J connectivity index is 2.28. The van der Waals surface area contributed by atoms with Gasteiger partial charge in [0.25, 0.3) is 0 Å². The molecular weight excluding hydrogens is 180 g/mol. The van der Waals surface area contributed by atoms with Crippen LogP contribution >= 0.6 is 11.8 Å². The Morgan fingerprint density at radius 1 is 1.46 bits per heavy atom. The molecule has 1 aromatic rings. The summed E-state index contributed by atoms with van der Waals surface area (Å²) in [6.45, 7) is 3.41. The van der Waals surface area contributed by atoms with Gasteiger partial charge >= 0.3 is 0 Å². The molecule has 0 amide bonds. The largest absolute Gasteiger partial charge is 0.335 e. The Kier molecular flexibility index (Phi) is 2.36. The van der Waals surface area contributed by atoms with E-state index < -0.39 is 0 Å². The zero-order valence-corrected chi connectivity index (χ0v) is 8.00. The minimum absolute atomic E-state index is 0.964. The van der Waals surface area contributed by atoms with Crippen molar-refractivity contribution in [3.05, 3.63) is 36.7 Å². The number of aliphatic imine (C=N–C) groups is 1. The zero-order chi connectivity index (χ0) is 9.10. The molecule has 0 radical (unpaired) electrons. The second-order valence-corrected chi connectivity index (χ2v) is 3.68. The number of anilines is 1. The number of rotatable bonds is 2. The molecule has 1 aliphatic rings. The first-order valence-corrected chi connectivity index (χ1v) is 5.01. The SMILES string of the molecule is C=N/C=C\N1CSc2ccccc21. The first-order chi connectivity index (χ1) is 6.42. The van der Waals surface area contributed by atoms with E-state index in [9.17, 15) is 0 Å². The maximum atomic E-state index is 3.69. The van der Waals surface area contributed by atoms with Crippen LogP contribution in [-0.4, -0.2) is 12.6 Å². The summed E-state index contributed by atoms with van der Waals surface area (Å²) in [7, 11) is 0. The number of para-hydroxylation sites is 1. The smallest absolute Gasteiger partial charge is 0.0730 e. The lowest BCUT2D eigenvalue weighted by atomic mass is 10.3. The van der Waals surface area contributed by atoms with Crippen molar-refractivity contribution in [1.29, 1.82) is 0 Å². The molecule has 0 aromatic heterocycles. The van der Waals surface area contributed by atoms with E-state index >= 15 is 0 Å². The molecule has 0 aliphatic carbocycles. The summed E-state index contributed by atoms with van der Waals surface area (Å²) >= 11 is 1.84. The fourth-order valence-electron chi connectivity index (χ4n) is 1.28. The molecule has 1 heterocycles. The Bertz CT molecular complexity index is 347. The molecule has 2 nitrogen and oxygen atoms in total. The van der Waals surface area contributed by atoms with E-state index in [-0.39, 0.29) is 0 Å². The summed E-state index contributed by atoms with van der Waals surface area (Å²) in [6, 6.07) is 8.36. The van der Waals surface area contributed by atoms with Crippen LogP contribution in [0.2, 0.25) is 0 Å². The maximum absolute atomic E-state index is 3.69. The Morgan fingerprint density at radius 2 is 2.31 bits per heavy atom. The second-order valence-electron chi connectivity index (χ2n) is 2.69. The van der Waals surface area contributed by atoms with Gasteiger partial charge in [-0.25, -0.2) is 0 Å². The van der Waals surface area contributed by atoms with Gasteiger partial charge in [0.15, 0.2) is 0 Å². The summed E-state index contributed by atoms with van der Waals surface area (Å²) in [5, 5.41) is 0. The molecule has 0 saturated heterocycles. The van der Waals surface area contributed by atoms with Crippen LogP contribution in [0.1, 0.15) is 0 Å². The van der Waals surface area contributed by atoms with E-state index in [2.05, 4.69) is 34.8 Å². The van der Waals surface area contributed by atoms with Crippen LogP contribution in [0, 0.1) is 0 Å². The van der Waals surface area contributed by atoms with Crippen molar-refractivity contribution in [2.24, 2.45) is 4.99 Å². The first kappa shape index (κ1) is 8.38. The molecule has 1 aromatic carbocycles. The monoisotopic (exact) mass is 190 g/mol. The average molecular weight is 190 g/mol. The highest BCUT2D eigenvalue weighted by Gasteiger charge is 2.15. The Morgan fingerprint density at radius 3 is 3.15 bits per heavy atom. The number of nitrogens with zero attached hydrogens (tertiary/aromatic N) is 2. The van der Waals surface area contributed by atoms with Gasteiger partial charge in [0, 0.05) is 17.3 Å². The summed E-state index contributed by atoms with van der Waals surface area (Å²) < 4.78 is 0. The molecule has 0 atom stereocenters. The van der Waals surface area contributed by atoms with Crippen molar-refractivity contribution in [3.8, 4) is 0 Å². The fraction of sp³-hybridized carbons (Fsp3) is 0.100. The lowest BCUT2D eigenvalue weighted by molar-refractivity contribution is 1.16. The Hall–Kier alpha value is -1.22. The van der Waals surface area contributed by atoms with E-state index in [1.165, 1.54) is 10.6 Å². The van der Waals surface area contributed by atoms with Crippen molar-refractivity contribution < 1.29 is 0 Å². The normalized spacial score (nSPS) is 14.9. The third kappa shape index (κ3) is 1.60. The van der Waals surface area contributed by atoms with Gasteiger partial charge in [0.2, 0.25) is 0 Å². The summed E-state index contributed by atoms with van der Waals surface area (Å²) in [5.41, 5.74) is 1.26. The van der Waals surface area contributed by atoms with E-state index in [1.807, 2.05) is 24.0 Å². The highest BCUT2D eigenvalue weighted by Crippen LogP contribution is 2.37. The lowest BCUT2D eigenvalue weighted by Gasteiger charge is -2.10. The first-order valence-electron chi connectivity index (χ1n) is 4.03. The Labute approximate surface area is 82.0 Å². The molecular formula is C10H10N2S. The van der Waals surface area contributed by atoms with E-state index in [1.54, 1.807) is 6.20 Å².